The minimum Gasteiger partial charge on any atom is -0.480 e. The number of hydrogen-bond donors (Lipinski definition) is 2. The van der Waals surface area contributed by atoms with Gasteiger partial charge in [0.05, 0.1) is 5.02 Å². The second kappa shape index (κ2) is 7.01. The van der Waals surface area contributed by atoms with Gasteiger partial charge in [0, 0.05) is 0 Å². The Balaban J connectivity index is 3.04. The molecule has 0 bridgehead atoms. The molecular weight excluding hydrogens is 309 g/mol. The van der Waals surface area contributed by atoms with Crippen LogP contribution in [0.3, 0.4) is 0 Å². The lowest BCUT2D eigenvalue weighted by atomic mass is 10.1. The van der Waals surface area contributed by atoms with Crippen molar-refractivity contribution >= 4 is 27.6 Å². The van der Waals surface area contributed by atoms with Crippen LogP contribution in [0.15, 0.2) is 23.1 Å². The molecule has 1 aromatic rings. The summed E-state index contributed by atoms with van der Waals surface area (Å²) in [5.41, 5.74) is 0. The van der Waals surface area contributed by atoms with Gasteiger partial charge in [0.15, 0.2) is 5.82 Å². The molecule has 1 aromatic carbocycles. The molecule has 1 atom stereocenters. The Hall–Kier alpha value is -1.18. The Morgan fingerprint density at radius 1 is 1.50 bits per heavy atom. The molecule has 0 unspecified atom stereocenters. The summed E-state index contributed by atoms with van der Waals surface area (Å²) in [6.45, 7) is 1.85. The molecule has 2 N–H and O–H groups in total. The van der Waals surface area contributed by atoms with E-state index in [9.17, 15) is 17.6 Å². The topological polar surface area (TPSA) is 83.5 Å². The van der Waals surface area contributed by atoms with Crippen molar-refractivity contribution in [1.82, 2.24) is 4.72 Å². The number of carboxylic acids is 1. The molecule has 0 amide bonds. The number of aliphatic carboxylic acids is 1. The highest BCUT2D eigenvalue weighted by Gasteiger charge is 2.27. The molecule has 0 aliphatic heterocycles. The average molecular weight is 324 g/mol. The molecule has 0 fully saturated rings. The molecule has 0 saturated heterocycles. The zero-order valence-electron chi connectivity index (χ0n) is 10.8. The molecule has 112 valence electrons. The van der Waals surface area contributed by atoms with Crippen molar-refractivity contribution in [3.63, 3.8) is 0 Å². The molecule has 0 spiro atoms. The van der Waals surface area contributed by atoms with Crippen molar-refractivity contribution in [2.45, 2.75) is 37.1 Å². The Labute approximate surface area is 121 Å². The zero-order valence-corrected chi connectivity index (χ0v) is 12.3. The average Bonchev–Trinajstić information content (AvgIpc) is 2.37. The maximum absolute atomic E-state index is 13.7. The van der Waals surface area contributed by atoms with Crippen LogP contribution < -0.4 is 4.72 Å². The summed E-state index contributed by atoms with van der Waals surface area (Å²) in [5, 5.41) is 8.65. The van der Waals surface area contributed by atoms with Crippen LogP contribution in [0.1, 0.15) is 26.2 Å². The Bertz CT molecular complexity index is 591. The third kappa shape index (κ3) is 4.16. The first-order valence-corrected chi connectivity index (χ1v) is 7.85. The van der Waals surface area contributed by atoms with E-state index in [0.29, 0.717) is 6.42 Å². The lowest BCUT2D eigenvalue weighted by Crippen LogP contribution is -2.40. The van der Waals surface area contributed by atoms with Gasteiger partial charge in [0.2, 0.25) is 10.0 Å². The van der Waals surface area contributed by atoms with Gasteiger partial charge in [0.1, 0.15) is 10.9 Å². The van der Waals surface area contributed by atoms with Crippen molar-refractivity contribution in [1.29, 1.82) is 0 Å². The molecular formula is C12H15ClFNO4S. The summed E-state index contributed by atoms with van der Waals surface area (Å²) in [6.07, 6.45) is 1.39. The third-order valence-electron chi connectivity index (χ3n) is 2.65. The molecule has 0 aliphatic carbocycles. The van der Waals surface area contributed by atoms with Crippen LogP contribution in [-0.2, 0) is 14.8 Å². The number of unbranched alkanes of at least 4 members (excludes halogenated alkanes) is 1. The van der Waals surface area contributed by atoms with Crippen molar-refractivity contribution in [3.05, 3.63) is 29.0 Å². The Morgan fingerprint density at radius 2 is 2.15 bits per heavy atom. The first kappa shape index (κ1) is 16.9. The van der Waals surface area contributed by atoms with E-state index in [1.807, 2.05) is 11.6 Å². The molecule has 0 heterocycles. The number of nitrogens with one attached hydrogen (secondary N) is 1. The summed E-state index contributed by atoms with van der Waals surface area (Å²) >= 11 is 5.52. The van der Waals surface area contributed by atoms with Gasteiger partial charge in [-0.1, -0.05) is 37.4 Å². The van der Waals surface area contributed by atoms with Crippen molar-refractivity contribution < 1.29 is 22.7 Å². The first-order chi connectivity index (χ1) is 9.29. The van der Waals surface area contributed by atoms with Crippen LogP contribution >= 0.6 is 11.6 Å². The summed E-state index contributed by atoms with van der Waals surface area (Å²) in [5.74, 6) is -2.40. The van der Waals surface area contributed by atoms with E-state index in [1.165, 1.54) is 12.1 Å². The van der Waals surface area contributed by atoms with Crippen LogP contribution in [0.25, 0.3) is 0 Å². The SMILES string of the molecule is CCCC[C@H](NS(=O)(=O)c1cccc(Cl)c1F)C(=O)O. The van der Waals surface area contributed by atoms with Crippen LogP contribution in [0, 0.1) is 5.82 Å². The Kier molecular flexibility index (Phi) is 5.91. The highest BCUT2D eigenvalue weighted by Crippen LogP contribution is 2.22. The first-order valence-electron chi connectivity index (χ1n) is 5.98. The van der Waals surface area contributed by atoms with Crippen LogP contribution in [0.2, 0.25) is 5.02 Å². The van der Waals surface area contributed by atoms with Gasteiger partial charge in [-0.2, -0.15) is 4.72 Å². The smallest absolute Gasteiger partial charge is 0.321 e. The fraction of sp³-hybridized carbons (Fsp3) is 0.417. The fourth-order valence-corrected chi connectivity index (χ4v) is 3.14. The van der Waals surface area contributed by atoms with Gasteiger partial charge in [-0.3, -0.25) is 4.79 Å². The standard InChI is InChI=1S/C12H15ClFNO4S/c1-2-3-6-9(12(16)17)15-20(18,19)10-7-4-5-8(13)11(10)14/h4-5,7,9,15H,2-3,6H2,1H3,(H,16,17)/t9-/m0/s1. The fourth-order valence-electron chi connectivity index (χ4n) is 1.58. The number of hydrogen-bond acceptors (Lipinski definition) is 3. The number of carbonyl (C=O) groups is 1. The molecule has 1 rings (SSSR count). The number of carboxylic acid groups (broad SMARTS) is 1. The summed E-state index contributed by atoms with van der Waals surface area (Å²) in [4.78, 5) is 10.4. The van der Waals surface area contributed by atoms with Gasteiger partial charge >= 0.3 is 5.97 Å². The monoisotopic (exact) mass is 323 g/mol. The van der Waals surface area contributed by atoms with Crippen molar-refractivity contribution in [2.24, 2.45) is 0 Å². The van der Waals surface area contributed by atoms with Gasteiger partial charge < -0.3 is 5.11 Å². The molecule has 0 aromatic heterocycles. The number of sulfonamides is 1. The van der Waals surface area contributed by atoms with Crippen molar-refractivity contribution in [2.75, 3.05) is 0 Å². The number of halogens is 2. The largest absolute Gasteiger partial charge is 0.480 e. The predicted molar refractivity (Wildman–Crippen MR) is 72.7 cm³/mol. The molecule has 20 heavy (non-hydrogen) atoms. The van der Waals surface area contributed by atoms with E-state index in [4.69, 9.17) is 16.7 Å². The minimum absolute atomic E-state index is 0.132. The molecule has 0 radical (unpaired) electrons. The van der Waals surface area contributed by atoms with Crippen LogP contribution in [-0.4, -0.2) is 25.5 Å². The number of benzene rings is 1. The minimum atomic E-state index is -4.28. The quantitative estimate of drug-likeness (QED) is 0.807. The van der Waals surface area contributed by atoms with E-state index in [1.54, 1.807) is 0 Å². The maximum Gasteiger partial charge on any atom is 0.321 e. The van der Waals surface area contributed by atoms with Gasteiger partial charge in [-0.25, -0.2) is 12.8 Å². The predicted octanol–water partition coefficient (Wildman–Crippen LogP) is 2.40. The molecule has 5 nitrogen and oxygen atoms in total. The summed E-state index contributed by atoms with van der Waals surface area (Å²) < 4.78 is 39.7. The van der Waals surface area contributed by atoms with Gasteiger partial charge in [0.25, 0.3) is 0 Å². The van der Waals surface area contributed by atoms with E-state index >= 15 is 0 Å². The van der Waals surface area contributed by atoms with E-state index in [-0.39, 0.29) is 11.4 Å². The van der Waals surface area contributed by atoms with E-state index in [0.717, 1.165) is 12.5 Å². The number of rotatable bonds is 7. The summed E-state index contributed by atoms with van der Waals surface area (Å²) in [6, 6.07) is 2.23. The molecule has 0 aliphatic rings. The van der Waals surface area contributed by atoms with E-state index < -0.39 is 32.7 Å². The second-order valence-corrected chi connectivity index (χ2v) is 6.30. The van der Waals surface area contributed by atoms with Crippen LogP contribution in [0.4, 0.5) is 4.39 Å². The highest BCUT2D eigenvalue weighted by atomic mass is 35.5. The van der Waals surface area contributed by atoms with Gasteiger partial charge in [-0.05, 0) is 18.6 Å². The normalized spacial score (nSPS) is 13.2. The lowest BCUT2D eigenvalue weighted by Gasteiger charge is -2.15. The summed E-state index contributed by atoms with van der Waals surface area (Å²) in [7, 11) is -4.28. The van der Waals surface area contributed by atoms with Crippen molar-refractivity contribution in [3.8, 4) is 0 Å². The Morgan fingerprint density at radius 3 is 2.70 bits per heavy atom. The zero-order chi connectivity index (χ0) is 15.3. The lowest BCUT2D eigenvalue weighted by molar-refractivity contribution is -0.139. The van der Waals surface area contributed by atoms with Gasteiger partial charge in [-0.15, -0.1) is 0 Å². The molecule has 0 saturated carbocycles. The second-order valence-electron chi connectivity index (χ2n) is 4.21. The van der Waals surface area contributed by atoms with Crippen LogP contribution in [0.5, 0.6) is 0 Å². The highest BCUT2D eigenvalue weighted by molar-refractivity contribution is 7.89. The van der Waals surface area contributed by atoms with E-state index in [2.05, 4.69) is 0 Å². The maximum atomic E-state index is 13.7. The molecule has 8 heteroatoms. The third-order valence-corrected chi connectivity index (χ3v) is 4.43.